The van der Waals surface area contributed by atoms with Crippen LogP contribution in [-0.4, -0.2) is 89.1 Å². The van der Waals surface area contributed by atoms with Gasteiger partial charge in [-0.15, -0.1) is 0 Å². The first-order valence-corrected chi connectivity index (χ1v) is 9.92. The van der Waals surface area contributed by atoms with Gasteiger partial charge in [0.2, 0.25) is 5.82 Å². The van der Waals surface area contributed by atoms with Gasteiger partial charge in [0.05, 0.1) is 19.3 Å². The molecule has 0 saturated carbocycles. The quantitative estimate of drug-likeness (QED) is 0.708. The number of rotatable bonds is 7. The molecule has 152 valence electrons. The van der Waals surface area contributed by atoms with Crippen LogP contribution in [0.5, 0.6) is 0 Å². The fourth-order valence-electron chi connectivity index (χ4n) is 4.21. The zero-order valence-electron chi connectivity index (χ0n) is 17.1. The molecule has 2 aliphatic heterocycles. The van der Waals surface area contributed by atoms with E-state index in [4.69, 9.17) is 9.47 Å². The standard InChI is InChI=1S/C19H33N5O3/c1-15(2)24(9-10-26-4)12-16-11-19(13-27-16)5-7-23(8-6-19)18(25)17-20-14-21-22(17)3/h14-16H,5-13H2,1-4H3/t16-/m0/s1. The van der Waals surface area contributed by atoms with Crippen LogP contribution in [0.4, 0.5) is 0 Å². The molecule has 1 aromatic heterocycles. The number of carbonyl (C=O) groups is 1. The van der Waals surface area contributed by atoms with Crippen molar-refractivity contribution in [2.75, 3.05) is 46.5 Å². The van der Waals surface area contributed by atoms with Crippen molar-refractivity contribution in [1.82, 2.24) is 24.6 Å². The minimum Gasteiger partial charge on any atom is -0.383 e. The number of carbonyl (C=O) groups excluding carboxylic acids is 1. The van der Waals surface area contributed by atoms with E-state index in [0.717, 1.165) is 58.7 Å². The summed E-state index contributed by atoms with van der Waals surface area (Å²) in [5, 5.41) is 4.00. The number of aryl methyl sites for hydroxylation is 1. The minimum atomic E-state index is -0.0223. The molecule has 2 fully saturated rings. The van der Waals surface area contributed by atoms with Crippen molar-refractivity contribution in [3.8, 4) is 0 Å². The van der Waals surface area contributed by atoms with Gasteiger partial charge in [-0.25, -0.2) is 9.67 Å². The largest absolute Gasteiger partial charge is 0.383 e. The molecule has 1 atom stereocenters. The lowest BCUT2D eigenvalue weighted by atomic mass is 9.76. The molecule has 2 saturated heterocycles. The van der Waals surface area contributed by atoms with E-state index in [9.17, 15) is 4.79 Å². The third-order valence-corrected chi connectivity index (χ3v) is 6.05. The third-order valence-electron chi connectivity index (χ3n) is 6.05. The maximum Gasteiger partial charge on any atom is 0.291 e. The van der Waals surface area contributed by atoms with E-state index in [1.165, 1.54) is 6.33 Å². The second kappa shape index (κ2) is 8.67. The first-order chi connectivity index (χ1) is 12.9. The fraction of sp³-hybridized carbons (Fsp3) is 0.842. The number of nitrogens with zero attached hydrogens (tertiary/aromatic N) is 5. The molecule has 3 rings (SSSR count). The van der Waals surface area contributed by atoms with Crippen molar-refractivity contribution in [1.29, 1.82) is 0 Å². The van der Waals surface area contributed by atoms with E-state index < -0.39 is 0 Å². The van der Waals surface area contributed by atoms with Gasteiger partial charge in [0.1, 0.15) is 6.33 Å². The number of hydrogen-bond donors (Lipinski definition) is 0. The molecule has 1 aromatic rings. The molecule has 2 aliphatic rings. The van der Waals surface area contributed by atoms with Crippen molar-refractivity contribution < 1.29 is 14.3 Å². The van der Waals surface area contributed by atoms with Crippen molar-refractivity contribution >= 4 is 5.91 Å². The van der Waals surface area contributed by atoms with E-state index in [2.05, 4.69) is 28.8 Å². The molecule has 0 aromatic carbocycles. The summed E-state index contributed by atoms with van der Waals surface area (Å²) in [7, 11) is 3.50. The Morgan fingerprint density at radius 1 is 1.44 bits per heavy atom. The zero-order chi connectivity index (χ0) is 19.4. The van der Waals surface area contributed by atoms with Crippen LogP contribution in [0.2, 0.25) is 0 Å². The first kappa shape index (κ1) is 20.2. The monoisotopic (exact) mass is 379 g/mol. The lowest BCUT2D eigenvalue weighted by Crippen LogP contribution is -2.44. The smallest absolute Gasteiger partial charge is 0.291 e. The third kappa shape index (κ3) is 4.67. The normalized spacial score (nSPS) is 22.3. The number of aromatic nitrogens is 3. The summed E-state index contributed by atoms with van der Waals surface area (Å²) in [6, 6.07) is 0.478. The van der Waals surface area contributed by atoms with Crippen molar-refractivity contribution in [2.24, 2.45) is 12.5 Å². The summed E-state index contributed by atoms with van der Waals surface area (Å²) in [5.41, 5.74) is 0.214. The predicted octanol–water partition coefficient (Wildman–Crippen LogP) is 1.18. The Labute approximate surface area is 161 Å². The van der Waals surface area contributed by atoms with Gasteiger partial charge in [-0.05, 0) is 38.5 Å². The van der Waals surface area contributed by atoms with Gasteiger partial charge < -0.3 is 14.4 Å². The number of amides is 1. The van der Waals surface area contributed by atoms with Crippen LogP contribution in [0.15, 0.2) is 6.33 Å². The summed E-state index contributed by atoms with van der Waals surface area (Å²) in [5.74, 6) is 0.392. The van der Waals surface area contributed by atoms with Gasteiger partial charge in [-0.3, -0.25) is 9.69 Å². The highest BCUT2D eigenvalue weighted by atomic mass is 16.5. The topological polar surface area (TPSA) is 72.7 Å². The summed E-state index contributed by atoms with van der Waals surface area (Å²) < 4.78 is 13.0. The molecular formula is C19H33N5O3. The Morgan fingerprint density at radius 3 is 2.78 bits per heavy atom. The first-order valence-electron chi connectivity index (χ1n) is 9.92. The molecule has 0 radical (unpaired) electrons. The van der Waals surface area contributed by atoms with Crippen LogP contribution >= 0.6 is 0 Å². The summed E-state index contributed by atoms with van der Waals surface area (Å²) >= 11 is 0. The van der Waals surface area contributed by atoms with Gasteiger partial charge >= 0.3 is 0 Å². The number of hydrogen-bond acceptors (Lipinski definition) is 6. The van der Waals surface area contributed by atoms with Crippen molar-refractivity contribution in [3.05, 3.63) is 12.2 Å². The maximum absolute atomic E-state index is 12.6. The fourth-order valence-corrected chi connectivity index (χ4v) is 4.21. The molecule has 0 aliphatic carbocycles. The van der Waals surface area contributed by atoms with Crippen molar-refractivity contribution in [3.63, 3.8) is 0 Å². The zero-order valence-corrected chi connectivity index (χ0v) is 17.1. The number of ether oxygens (including phenoxy) is 2. The molecule has 0 bridgehead atoms. The van der Waals surface area contributed by atoms with Crippen LogP contribution in [0.25, 0.3) is 0 Å². The molecular weight excluding hydrogens is 346 g/mol. The number of methoxy groups -OCH3 is 1. The highest BCUT2D eigenvalue weighted by Gasteiger charge is 2.43. The van der Waals surface area contributed by atoms with E-state index in [1.807, 2.05) is 4.90 Å². The molecule has 0 N–H and O–H groups in total. The molecule has 0 unspecified atom stereocenters. The van der Waals surface area contributed by atoms with Gasteiger partial charge in [0.15, 0.2) is 0 Å². The summed E-state index contributed by atoms with van der Waals surface area (Å²) in [6.45, 7) is 9.40. The second-order valence-electron chi connectivity index (χ2n) is 8.22. The Hall–Kier alpha value is -1.51. The molecule has 8 heteroatoms. The maximum atomic E-state index is 12.6. The lowest BCUT2D eigenvalue weighted by molar-refractivity contribution is 0.0362. The summed E-state index contributed by atoms with van der Waals surface area (Å²) in [6.07, 6.45) is 4.76. The molecule has 3 heterocycles. The molecule has 1 spiro atoms. The van der Waals surface area contributed by atoms with Crippen molar-refractivity contribution in [2.45, 2.75) is 45.3 Å². The highest BCUT2D eigenvalue weighted by molar-refractivity contribution is 5.90. The molecule has 1 amide bonds. The average Bonchev–Trinajstić information content (AvgIpc) is 3.25. The number of likely N-dealkylation sites (tertiary alicyclic amines) is 1. The summed E-state index contributed by atoms with van der Waals surface area (Å²) in [4.78, 5) is 21.0. The van der Waals surface area contributed by atoms with Crippen LogP contribution in [-0.2, 0) is 16.5 Å². The van der Waals surface area contributed by atoms with Gasteiger partial charge in [0, 0.05) is 46.4 Å². The molecule has 27 heavy (non-hydrogen) atoms. The Morgan fingerprint density at radius 2 is 2.19 bits per heavy atom. The van der Waals surface area contributed by atoms with Gasteiger partial charge in [0.25, 0.3) is 5.91 Å². The predicted molar refractivity (Wildman–Crippen MR) is 102 cm³/mol. The Balaban J connectivity index is 1.51. The highest BCUT2D eigenvalue weighted by Crippen LogP contribution is 2.42. The average molecular weight is 380 g/mol. The lowest BCUT2D eigenvalue weighted by Gasteiger charge is -2.38. The van der Waals surface area contributed by atoms with Gasteiger partial charge in [-0.1, -0.05) is 0 Å². The Bertz CT molecular complexity index is 625. The van der Waals surface area contributed by atoms with Crippen LogP contribution in [0.3, 0.4) is 0 Å². The Kier molecular flexibility index (Phi) is 6.49. The van der Waals surface area contributed by atoms with Crippen LogP contribution in [0.1, 0.15) is 43.7 Å². The van der Waals surface area contributed by atoms with Gasteiger partial charge in [-0.2, -0.15) is 5.10 Å². The SMILES string of the molecule is COCCN(C[C@@H]1CC2(CCN(C(=O)c3ncnn3C)CC2)CO1)C(C)C. The minimum absolute atomic E-state index is 0.0223. The second-order valence-corrected chi connectivity index (χ2v) is 8.22. The molecule has 8 nitrogen and oxygen atoms in total. The van der Waals surface area contributed by atoms with Crippen LogP contribution in [0, 0.1) is 5.41 Å². The van der Waals surface area contributed by atoms with Crippen LogP contribution < -0.4 is 0 Å². The van der Waals surface area contributed by atoms with E-state index >= 15 is 0 Å². The van der Waals surface area contributed by atoms with E-state index in [-0.39, 0.29) is 17.4 Å². The van der Waals surface area contributed by atoms with E-state index in [1.54, 1.807) is 18.8 Å². The van der Waals surface area contributed by atoms with E-state index in [0.29, 0.717) is 11.9 Å². The number of piperidine rings is 1.